The van der Waals surface area contributed by atoms with Gasteiger partial charge in [0.2, 0.25) is 0 Å². The number of aromatic nitrogens is 3. The first kappa shape index (κ1) is 12.8. The number of hydrogen-bond acceptors (Lipinski definition) is 3. The van der Waals surface area contributed by atoms with Gasteiger partial charge in [0.1, 0.15) is 0 Å². The Bertz CT molecular complexity index is 769. The summed E-state index contributed by atoms with van der Waals surface area (Å²) in [5, 5.41) is 15.8. The quantitative estimate of drug-likeness (QED) is 0.776. The van der Waals surface area contributed by atoms with E-state index < -0.39 is 5.60 Å². The maximum Gasteiger partial charge on any atom is 0.0856 e. The van der Waals surface area contributed by atoms with E-state index in [9.17, 15) is 5.11 Å². The fraction of sp³-hybridized carbons (Fsp3) is 0.250. The van der Waals surface area contributed by atoms with E-state index in [1.165, 1.54) is 0 Å². The first-order valence-corrected chi connectivity index (χ1v) is 6.59. The molecule has 0 spiro atoms. The molecule has 4 heteroatoms. The molecule has 2 aromatic heterocycles. The van der Waals surface area contributed by atoms with E-state index >= 15 is 0 Å². The third-order valence-corrected chi connectivity index (χ3v) is 3.45. The van der Waals surface area contributed by atoms with E-state index in [1.54, 1.807) is 26.2 Å². The van der Waals surface area contributed by atoms with Gasteiger partial charge in [-0.25, -0.2) is 4.68 Å². The fourth-order valence-electron chi connectivity index (χ4n) is 2.30. The molecule has 0 aliphatic rings. The van der Waals surface area contributed by atoms with Gasteiger partial charge in [-0.05, 0) is 32.9 Å². The topological polar surface area (TPSA) is 50.9 Å². The van der Waals surface area contributed by atoms with Crippen LogP contribution in [0.15, 0.2) is 42.7 Å². The van der Waals surface area contributed by atoms with Crippen molar-refractivity contribution in [3.63, 3.8) is 0 Å². The Hall–Kier alpha value is -2.20. The Morgan fingerprint density at radius 1 is 1.15 bits per heavy atom. The predicted molar refractivity (Wildman–Crippen MR) is 78.8 cm³/mol. The molecular weight excluding hydrogens is 250 g/mol. The number of nitrogens with zero attached hydrogens (tertiary/aromatic N) is 3. The van der Waals surface area contributed by atoms with Gasteiger partial charge in [-0.3, -0.25) is 4.98 Å². The summed E-state index contributed by atoms with van der Waals surface area (Å²) in [6.07, 6.45) is 3.44. The molecule has 0 saturated carbocycles. The standard InChI is InChI=1S/C16H17N3O/c1-11-14-6-4-5-7-15(14)19(18-11)13-8-12(9-17-10-13)16(2,3)20/h4-10,20H,1-3H3. The smallest absolute Gasteiger partial charge is 0.0856 e. The summed E-state index contributed by atoms with van der Waals surface area (Å²) in [5.41, 5.74) is 2.73. The molecule has 3 aromatic rings. The molecule has 0 fully saturated rings. The molecule has 0 aliphatic carbocycles. The van der Waals surface area contributed by atoms with Crippen LogP contribution in [0.25, 0.3) is 16.6 Å². The average Bonchev–Trinajstić information content (AvgIpc) is 2.76. The van der Waals surface area contributed by atoms with Crippen molar-refractivity contribution in [2.24, 2.45) is 0 Å². The van der Waals surface area contributed by atoms with E-state index in [0.717, 1.165) is 27.8 Å². The summed E-state index contributed by atoms with van der Waals surface area (Å²) >= 11 is 0. The van der Waals surface area contributed by atoms with Crippen molar-refractivity contribution in [2.75, 3.05) is 0 Å². The van der Waals surface area contributed by atoms with Crippen LogP contribution >= 0.6 is 0 Å². The highest BCUT2D eigenvalue weighted by atomic mass is 16.3. The first-order chi connectivity index (χ1) is 9.47. The number of benzene rings is 1. The van der Waals surface area contributed by atoms with E-state index in [4.69, 9.17) is 0 Å². The highest BCUT2D eigenvalue weighted by Crippen LogP contribution is 2.24. The monoisotopic (exact) mass is 267 g/mol. The minimum absolute atomic E-state index is 0.771. The molecule has 20 heavy (non-hydrogen) atoms. The lowest BCUT2D eigenvalue weighted by molar-refractivity contribution is 0.0782. The number of para-hydroxylation sites is 1. The summed E-state index contributed by atoms with van der Waals surface area (Å²) in [5.74, 6) is 0. The van der Waals surface area contributed by atoms with Crippen LogP contribution in [0.5, 0.6) is 0 Å². The van der Waals surface area contributed by atoms with Crippen molar-refractivity contribution in [3.05, 3.63) is 54.0 Å². The molecule has 0 bridgehead atoms. The van der Waals surface area contributed by atoms with Crippen molar-refractivity contribution in [3.8, 4) is 5.69 Å². The molecule has 1 N–H and O–H groups in total. The Morgan fingerprint density at radius 2 is 1.90 bits per heavy atom. The van der Waals surface area contributed by atoms with Gasteiger partial charge in [0, 0.05) is 17.1 Å². The largest absolute Gasteiger partial charge is 0.386 e. The Kier molecular flexibility index (Phi) is 2.83. The second-order valence-corrected chi connectivity index (χ2v) is 5.51. The van der Waals surface area contributed by atoms with Gasteiger partial charge in [0.15, 0.2) is 0 Å². The third kappa shape index (κ3) is 2.08. The summed E-state index contributed by atoms with van der Waals surface area (Å²) in [6.45, 7) is 5.49. The highest BCUT2D eigenvalue weighted by Gasteiger charge is 2.18. The van der Waals surface area contributed by atoms with Crippen LogP contribution in [0, 0.1) is 6.92 Å². The molecule has 0 aliphatic heterocycles. The Morgan fingerprint density at radius 3 is 2.65 bits per heavy atom. The minimum Gasteiger partial charge on any atom is -0.386 e. The predicted octanol–water partition coefficient (Wildman–Crippen LogP) is 2.96. The average molecular weight is 267 g/mol. The molecule has 0 saturated heterocycles. The second kappa shape index (κ2) is 4.42. The summed E-state index contributed by atoms with van der Waals surface area (Å²) < 4.78 is 1.87. The van der Waals surface area contributed by atoms with Crippen LogP contribution < -0.4 is 0 Å². The van der Waals surface area contributed by atoms with E-state index in [1.807, 2.05) is 35.9 Å². The van der Waals surface area contributed by atoms with Crippen LogP contribution in [-0.4, -0.2) is 19.9 Å². The molecule has 1 aromatic carbocycles. The van der Waals surface area contributed by atoms with Gasteiger partial charge in [-0.1, -0.05) is 18.2 Å². The third-order valence-electron chi connectivity index (χ3n) is 3.45. The lowest BCUT2D eigenvalue weighted by Gasteiger charge is -2.18. The van der Waals surface area contributed by atoms with Crippen molar-refractivity contribution in [2.45, 2.75) is 26.4 Å². The fourth-order valence-corrected chi connectivity index (χ4v) is 2.30. The maximum absolute atomic E-state index is 10.1. The van der Waals surface area contributed by atoms with Crippen LogP contribution in [0.2, 0.25) is 0 Å². The summed E-state index contributed by atoms with van der Waals surface area (Å²) in [6, 6.07) is 10.0. The van der Waals surface area contributed by atoms with Crippen molar-refractivity contribution in [1.82, 2.24) is 14.8 Å². The second-order valence-electron chi connectivity index (χ2n) is 5.51. The van der Waals surface area contributed by atoms with E-state index in [0.29, 0.717) is 0 Å². The van der Waals surface area contributed by atoms with Crippen LogP contribution in [0.1, 0.15) is 25.1 Å². The van der Waals surface area contributed by atoms with Gasteiger partial charge in [-0.2, -0.15) is 5.10 Å². The number of aliphatic hydroxyl groups is 1. The molecule has 0 amide bonds. The lowest BCUT2D eigenvalue weighted by Crippen LogP contribution is -2.16. The molecule has 4 nitrogen and oxygen atoms in total. The summed E-state index contributed by atoms with van der Waals surface area (Å²) in [4.78, 5) is 4.22. The van der Waals surface area contributed by atoms with E-state index in [2.05, 4.69) is 16.1 Å². The molecule has 102 valence electrons. The zero-order valence-electron chi connectivity index (χ0n) is 11.8. The Labute approximate surface area is 117 Å². The number of pyridine rings is 1. The van der Waals surface area contributed by atoms with Gasteiger partial charge in [0.25, 0.3) is 0 Å². The number of fused-ring (bicyclic) bond motifs is 1. The lowest BCUT2D eigenvalue weighted by atomic mass is 10.0. The molecular formula is C16H17N3O. The van der Waals surface area contributed by atoms with Crippen LogP contribution in [-0.2, 0) is 5.60 Å². The molecule has 0 atom stereocenters. The van der Waals surface area contributed by atoms with Gasteiger partial charge in [0.05, 0.1) is 28.7 Å². The maximum atomic E-state index is 10.1. The van der Waals surface area contributed by atoms with Gasteiger partial charge >= 0.3 is 0 Å². The van der Waals surface area contributed by atoms with Crippen LogP contribution in [0.4, 0.5) is 0 Å². The SMILES string of the molecule is Cc1nn(-c2cncc(C(C)(C)O)c2)c2ccccc12. The van der Waals surface area contributed by atoms with Gasteiger partial charge < -0.3 is 5.11 Å². The number of rotatable bonds is 2. The Balaban J connectivity index is 2.21. The zero-order valence-corrected chi connectivity index (χ0v) is 11.8. The normalized spacial score (nSPS) is 12.0. The van der Waals surface area contributed by atoms with Crippen molar-refractivity contribution >= 4 is 10.9 Å². The van der Waals surface area contributed by atoms with Gasteiger partial charge in [-0.15, -0.1) is 0 Å². The zero-order chi connectivity index (χ0) is 14.3. The number of hydrogen-bond donors (Lipinski definition) is 1. The molecule has 0 unspecified atom stereocenters. The summed E-state index contributed by atoms with van der Waals surface area (Å²) in [7, 11) is 0. The molecule has 2 heterocycles. The molecule has 3 rings (SSSR count). The van der Waals surface area contributed by atoms with Crippen LogP contribution in [0.3, 0.4) is 0 Å². The van der Waals surface area contributed by atoms with Crippen molar-refractivity contribution < 1.29 is 5.11 Å². The number of aryl methyl sites for hydroxylation is 1. The van der Waals surface area contributed by atoms with Crippen molar-refractivity contribution in [1.29, 1.82) is 0 Å². The minimum atomic E-state index is -0.916. The highest BCUT2D eigenvalue weighted by molar-refractivity contribution is 5.83. The van der Waals surface area contributed by atoms with E-state index in [-0.39, 0.29) is 0 Å². The first-order valence-electron chi connectivity index (χ1n) is 6.59. The molecule has 0 radical (unpaired) electrons.